The van der Waals surface area contributed by atoms with Crippen LogP contribution < -0.4 is 5.73 Å². The Kier molecular flexibility index (Phi) is 3.16. The van der Waals surface area contributed by atoms with Crippen molar-refractivity contribution < 1.29 is 5.11 Å². The number of aliphatic hydroxyl groups is 1. The summed E-state index contributed by atoms with van der Waals surface area (Å²) < 4.78 is 0. The van der Waals surface area contributed by atoms with E-state index in [9.17, 15) is 0 Å². The second-order valence-electron chi connectivity index (χ2n) is 4.70. The predicted molar refractivity (Wildman–Crippen MR) is 73.6 cm³/mol. The summed E-state index contributed by atoms with van der Waals surface area (Å²) in [6.07, 6.45) is 3.64. The number of aryl methyl sites for hydroxylation is 2. The highest BCUT2D eigenvalue weighted by atomic mass is 32.1. The van der Waals surface area contributed by atoms with Crippen LogP contribution in [0.25, 0.3) is 11.3 Å². The molecule has 0 bridgehead atoms. The molecule has 1 aromatic carbocycles. The van der Waals surface area contributed by atoms with E-state index in [0.717, 1.165) is 16.3 Å². The van der Waals surface area contributed by atoms with Gasteiger partial charge in [-0.25, -0.2) is 4.98 Å². The van der Waals surface area contributed by atoms with Gasteiger partial charge in [0.05, 0.1) is 18.3 Å². The van der Waals surface area contributed by atoms with E-state index in [-0.39, 0.29) is 12.6 Å². The van der Waals surface area contributed by atoms with Gasteiger partial charge in [-0.15, -0.1) is 11.3 Å². The van der Waals surface area contributed by atoms with Crippen LogP contribution in [-0.2, 0) is 12.8 Å². The van der Waals surface area contributed by atoms with Gasteiger partial charge in [-0.3, -0.25) is 0 Å². The molecule has 0 amide bonds. The third kappa shape index (κ3) is 2.07. The maximum Gasteiger partial charge on any atom is 0.112 e. The minimum absolute atomic E-state index is 0.0584. The molecule has 94 valence electrons. The molecule has 0 saturated heterocycles. The standard InChI is InChI=1S/C14H16N2OS/c15-12(7-17)14-16-13(8-18-14)11-5-4-9-2-1-3-10(9)6-11/h4-6,8,12,17H,1-3,7,15H2. The van der Waals surface area contributed by atoms with Crippen molar-refractivity contribution in [3.05, 3.63) is 39.7 Å². The van der Waals surface area contributed by atoms with Crippen LogP contribution in [0.3, 0.4) is 0 Å². The SMILES string of the molecule is NC(CO)c1nc(-c2ccc3c(c2)CCC3)cs1. The Morgan fingerprint density at radius 3 is 3.00 bits per heavy atom. The molecule has 0 radical (unpaired) electrons. The van der Waals surface area contributed by atoms with Crippen molar-refractivity contribution in [1.82, 2.24) is 4.98 Å². The van der Waals surface area contributed by atoms with E-state index >= 15 is 0 Å². The summed E-state index contributed by atoms with van der Waals surface area (Å²) in [5.41, 5.74) is 10.8. The summed E-state index contributed by atoms with van der Waals surface area (Å²) in [6.45, 7) is -0.0584. The summed E-state index contributed by atoms with van der Waals surface area (Å²) in [4.78, 5) is 4.51. The van der Waals surface area contributed by atoms with Crippen molar-refractivity contribution in [2.24, 2.45) is 5.73 Å². The minimum Gasteiger partial charge on any atom is -0.394 e. The second-order valence-corrected chi connectivity index (χ2v) is 5.59. The van der Waals surface area contributed by atoms with Crippen molar-refractivity contribution >= 4 is 11.3 Å². The maximum atomic E-state index is 9.04. The first-order chi connectivity index (χ1) is 8.78. The van der Waals surface area contributed by atoms with E-state index in [1.807, 2.05) is 5.38 Å². The number of aliphatic hydroxyl groups excluding tert-OH is 1. The zero-order valence-electron chi connectivity index (χ0n) is 10.1. The van der Waals surface area contributed by atoms with Gasteiger partial charge >= 0.3 is 0 Å². The van der Waals surface area contributed by atoms with Gasteiger partial charge in [-0.1, -0.05) is 12.1 Å². The molecule has 3 N–H and O–H groups in total. The molecule has 1 heterocycles. The molecule has 0 aliphatic heterocycles. The van der Waals surface area contributed by atoms with Crippen LogP contribution in [0.1, 0.15) is 28.6 Å². The Balaban J connectivity index is 1.92. The van der Waals surface area contributed by atoms with E-state index in [1.54, 1.807) is 0 Å². The Morgan fingerprint density at radius 2 is 2.17 bits per heavy atom. The van der Waals surface area contributed by atoms with Gasteiger partial charge in [0.2, 0.25) is 0 Å². The van der Waals surface area contributed by atoms with E-state index in [0.29, 0.717) is 0 Å². The summed E-state index contributed by atoms with van der Waals surface area (Å²) in [6, 6.07) is 6.22. The van der Waals surface area contributed by atoms with Gasteiger partial charge in [0.15, 0.2) is 0 Å². The molecule has 4 heteroatoms. The first-order valence-electron chi connectivity index (χ1n) is 6.22. The second kappa shape index (κ2) is 4.80. The fourth-order valence-electron chi connectivity index (χ4n) is 2.40. The summed E-state index contributed by atoms with van der Waals surface area (Å²) in [5, 5.41) is 11.9. The van der Waals surface area contributed by atoms with Gasteiger partial charge in [-0.05, 0) is 36.5 Å². The molecule has 1 aliphatic carbocycles. The highest BCUT2D eigenvalue weighted by Gasteiger charge is 2.14. The zero-order valence-corrected chi connectivity index (χ0v) is 10.9. The van der Waals surface area contributed by atoms with Crippen LogP contribution >= 0.6 is 11.3 Å². The lowest BCUT2D eigenvalue weighted by atomic mass is 10.1. The molecule has 1 aromatic heterocycles. The fourth-order valence-corrected chi connectivity index (χ4v) is 3.22. The van der Waals surface area contributed by atoms with Gasteiger partial charge < -0.3 is 10.8 Å². The average Bonchev–Trinajstić information content (AvgIpc) is 3.05. The summed E-state index contributed by atoms with van der Waals surface area (Å²) in [7, 11) is 0. The topological polar surface area (TPSA) is 59.1 Å². The van der Waals surface area contributed by atoms with Crippen molar-refractivity contribution in [1.29, 1.82) is 0 Å². The highest BCUT2D eigenvalue weighted by Crippen LogP contribution is 2.29. The van der Waals surface area contributed by atoms with Crippen molar-refractivity contribution in [2.75, 3.05) is 6.61 Å². The van der Waals surface area contributed by atoms with Crippen molar-refractivity contribution in [3.8, 4) is 11.3 Å². The number of hydrogen-bond acceptors (Lipinski definition) is 4. The van der Waals surface area contributed by atoms with E-state index in [2.05, 4.69) is 23.2 Å². The number of nitrogens with two attached hydrogens (primary N) is 1. The Bertz CT molecular complexity index is 565. The van der Waals surface area contributed by atoms with Gasteiger partial charge in [0.25, 0.3) is 0 Å². The smallest absolute Gasteiger partial charge is 0.112 e. The maximum absolute atomic E-state index is 9.04. The lowest BCUT2D eigenvalue weighted by Crippen LogP contribution is -2.13. The molecule has 18 heavy (non-hydrogen) atoms. The predicted octanol–water partition coefficient (Wildman–Crippen LogP) is 2.29. The molecule has 0 fully saturated rings. The zero-order chi connectivity index (χ0) is 12.5. The van der Waals surface area contributed by atoms with Crippen LogP contribution in [0.2, 0.25) is 0 Å². The average molecular weight is 260 g/mol. The number of fused-ring (bicyclic) bond motifs is 1. The molecule has 1 aliphatic rings. The Hall–Kier alpha value is -1.23. The van der Waals surface area contributed by atoms with Gasteiger partial charge in [0.1, 0.15) is 5.01 Å². The normalized spacial score (nSPS) is 15.7. The van der Waals surface area contributed by atoms with E-state index in [1.165, 1.54) is 41.7 Å². The molecule has 2 aromatic rings. The quantitative estimate of drug-likeness (QED) is 0.890. The third-order valence-corrected chi connectivity index (χ3v) is 4.41. The lowest BCUT2D eigenvalue weighted by Gasteiger charge is -2.03. The van der Waals surface area contributed by atoms with Crippen molar-refractivity contribution in [3.63, 3.8) is 0 Å². The third-order valence-electron chi connectivity index (χ3n) is 3.43. The summed E-state index contributed by atoms with van der Waals surface area (Å²) in [5.74, 6) is 0. The molecular weight excluding hydrogens is 244 g/mol. The number of benzene rings is 1. The van der Waals surface area contributed by atoms with Crippen LogP contribution in [0.15, 0.2) is 23.6 Å². The van der Waals surface area contributed by atoms with Crippen LogP contribution in [0.5, 0.6) is 0 Å². The Morgan fingerprint density at radius 1 is 1.33 bits per heavy atom. The summed E-state index contributed by atoms with van der Waals surface area (Å²) >= 11 is 1.51. The molecule has 1 unspecified atom stereocenters. The van der Waals surface area contributed by atoms with Gasteiger partial charge in [0, 0.05) is 10.9 Å². The molecule has 3 rings (SSSR count). The molecule has 0 saturated carbocycles. The number of aromatic nitrogens is 1. The van der Waals surface area contributed by atoms with Crippen LogP contribution in [0.4, 0.5) is 0 Å². The first kappa shape index (κ1) is 11.8. The molecular formula is C14H16N2OS. The van der Waals surface area contributed by atoms with Gasteiger partial charge in [-0.2, -0.15) is 0 Å². The molecule has 1 atom stereocenters. The molecule has 0 spiro atoms. The van der Waals surface area contributed by atoms with Crippen molar-refractivity contribution in [2.45, 2.75) is 25.3 Å². The lowest BCUT2D eigenvalue weighted by molar-refractivity contribution is 0.268. The fraction of sp³-hybridized carbons (Fsp3) is 0.357. The molecule has 3 nitrogen and oxygen atoms in total. The number of rotatable bonds is 3. The van der Waals surface area contributed by atoms with E-state index in [4.69, 9.17) is 10.8 Å². The minimum atomic E-state index is -0.363. The monoisotopic (exact) mass is 260 g/mol. The van der Waals surface area contributed by atoms with Crippen LogP contribution in [-0.4, -0.2) is 16.7 Å². The van der Waals surface area contributed by atoms with E-state index < -0.39 is 0 Å². The largest absolute Gasteiger partial charge is 0.394 e. The number of nitrogens with zero attached hydrogens (tertiary/aromatic N) is 1. The number of hydrogen-bond donors (Lipinski definition) is 2. The van der Waals surface area contributed by atoms with Crippen LogP contribution in [0, 0.1) is 0 Å². The first-order valence-corrected chi connectivity index (χ1v) is 7.10. The number of thiazole rings is 1. The highest BCUT2D eigenvalue weighted by molar-refractivity contribution is 7.10. The Labute approximate surface area is 110 Å².